The Bertz CT molecular complexity index is 679. The van der Waals surface area contributed by atoms with Crippen molar-refractivity contribution in [3.8, 4) is 0 Å². The first-order chi connectivity index (χ1) is 10.7. The summed E-state index contributed by atoms with van der Waals surface area (Å²) >= 11 is 7.59. The summed E-state index contributed by atoms with van der Waals surface area (Å²) in [6.07, 6.45) is 4.38. The molecule has 0 aliphatic heterocycles. The van der Waals surface area contributed by atoms with Crippen LogP contribution in [0.3, 0.4) is 0 Å². The topological polar surface area (TPSA) is 38.3 Å². The fourth-order valence-electron chi connectivity index (χ4n) is 2.79. The van der Waals surface area contributed by atoms with Crippen molar-refractivity contribution >= 4 is 33.9 Å². The van der Waals surface area contributed by atoms with Crippen LogP contribution < -0.4 is 5.32 Å². The van der Waals surface area contributed by atoms with Crippen LogP contribution >= 0.6 is 22.9 Å². The lowest BCUT2D eigenvalue weighted by atomic mass is 9.95. The average Bonchev–Trinajstić information content (AvgIpc) is 2.92. The quantitative estimate of drug-likeness (QED) is 0.824. The van der Waals surface area contributed by atoms with E-state index in [1.54, 1.807) is 11.3 Å². The number of hydrogen-bond donors (Lipinski definition) is 1. The molecule has 2 aromatic rings. The van der Waals surface area contributed by atoms with Crippen LogP contribution in [0.2, 0.25) is 5.02 Å². The highest BCUT2D eigenvalue weighted by atomic mass is 35.5. The van der Waals surface area contributed by atoms with Gasteiger partial charge in [0.1, 0.15) is 5.00 Å². The van der Waals surface area contributed by atoms with Gasteiger partial charge in [0, 0.05) is 16.4 Å². The molecule has 1 aliphatic rings. The number of halogens is 1. The number of nitrogens with one attached hydrogen (secondary N) is 1. The maximum Gasteiger partial charge on any atom is 0.341 e. The number of carbonyl (C=O) groups excluding carboxylic acids is 1. The van der Waals surface area contributed by atoms with E-state index in [1.165, 1.54) is 24.0 Å². The first-order valence-electron chi connectivity index (χ1n) is 7.40. The van der Waals surface area contributed by atoms with E-state index in [0.29, 0.717) is 6.54 Å². The van der Waals surface area contributed by atoms with E-state index < -0.39 is 0 Å². The third-order valence-electron chi connectivity index (χ3n) is 3.93. The summed E-state index contributed by atoms with van der Waals surface area (Å²) in [5, 5.41) is 5.05. The van der Waals surface area contributed by atoms with Gasteiger partial charge in [0.05, 0.1) is 12.7 Å². The Morgan fingerprint density at radius 2 is 2.00 bits per heavy atom. The number of benzene rings is 1. The Balaban J connectivity index is 1.84. The molecule has 3 rings (SSSR count). The van der Waals surface area contributed by atoms with Gasteiger partial charge >= 0.3 is 5.97 Å². The monoisotopic (exact) mass is 335 g/mol. The van der Waals surface area contributed by atoms with Gasteiger partial charge < -0.3 is 10.1 Å². The van der Waals surface area contributed by atoms with Crippen LogP contribution in [-0.4, -0.2) is 13.1 Å². The Labute approximate surface area is 139 Å². The third-order valence-corrected chi connectivity index (χ3v) is 5.43. The fourth-order valence-corrected chi connectivity index (χ4v) is 4.19. The Morgan fingerprint density at radius 1 is 1.27 bits per heavy atom. The highest BCUT2D eigenvalue weighted by Crippen LogP contribution is 2.38. The van der Waals surface area contributed by atoms with E-state index in [9.17, 15) is 4.79 Å². The number of fused-ring (bicyclic) bond motifs is 1. The molecule has 0 atom stereocenters. The first kappa shape index (κ1) is 15.4. The Kier molecular flexibility index (Phi) is 4.69. The van der Waals surface area contributed by atoms with Crippen molar-refractivity contribution in [1.82, 2.24) is 0 Å². The van der Waals surface area contributed by atoms with Crippen molar-refractivity contribution in [2.24, 2.45) is 0 Å². The second-order valence-electron chi connectivity index (χ2n) is 5.39. The molecule has 0 unspecified atom stereocenters. The maximum atomic E-state index is 12.2. The smallest absolute Gasteiger partial charge is 0.341 e. The van der Waals surface area contributed by atoms with Gasteiger partial charge in [0.25, 0.3) is 0 Å². The molecule has 0 radical (unpaired) electrons. The predicted octanol–water partition coefficient (Wildman–Crippen LogP) is 4.68. The molecule has 0 saturated carbocycles. The van der Waals surface area contributed by atoms with Crippen LogP contribution in [0.4, 0.5) is 5.00 Å². The molecule has 0 spiro atoms. The van der Waals surface area contributed by atoms with Crippen molar-refractivity contribution in [2.45, 2.75) is 32.2 Å². The first-order valence-corrected chi connectivity index (χ1v) is 8.59. The standard InChI is InChI=1S/C17H18ClNO2S/c1-21-17(20)15-13-4-2-3-5-14(13)22-16(15)19-10-11-6-8-12(18)9-7-11/h6-9,19H,2-5,10H2,1H3. The third kappa shape index (κ3) is 3.13. The number of ether oxygens (including phenoxy) is 1. The summed E-state index contributed by atoms with van der Waals surface area (Å²) in [5.74, 6) is -0.238. The minimum Gasteiger partial charge on any atom is -0.465 e. The number of thiophene rings is 1. The van der Waals surface area contributed by atoms with Gasteiger partial charge in [-0.3, -0.25) is 0 Å². The fraction of sp³-hybridized carbons (Fsp3) is 0.353. The highest BCUT2D eigenvalue weighted by molar-refractivity contribution is 7.16. The molecule has 1 aromatic heterocycles. The van der Waals surface area contributed by atoms with Crippen LogP contribution in [0.15, 0.2) is 24.3 Å². The summed E-state index contributed by atoms with van der Waals surface area (Å²) in [5.41, 5.74) is 3.05. The van der Waals surface area contributed by atoms with Crippen molar-refractivity contribution in [3.63, 3.8) is 0 Å². The maximum absolute atomic E-state index is 12.2. The Hall–Kier alpha value is -1.52. The molecule has 1 N–H and O–H groups in total. The summed E-state index contributed by atoms with van der Waals surface area (Å²) in [7, 11) is 1.44. The van der Waals surface area contributed by atoms with Crippen molar-refractivity contribution in [3.05, 3.63) is 50.9 Å². The zero-order valence-electron chi connectivity index (χ0n) is 12.4. The van der Waals surface area contributed by atoms with Crippen LogP contribution in [0, 0.1) is 0 Å². The van der Waals surface area contributed by atoms with E-state index in [-0.39, 0.29) is 5.97 Å². The van der Waals surface area contributed by atoms with Gasteiger partial charge in [-0.1, -0.05) is 23.7 Å². The van der Waals surface area contributed by atoms with Crippen LogP contribution in [0.5, 0.6) is 0 Å². The van der Waals surface area contributed by atoms with E-state index in [1.807, 2.05) is 24.3 Å². The van der Waals surface area contributed by atoms with Gasteiger partial charge in [-0.2, -0.15) is 0 Å². The summed E-state index contributed by atoms with van der Waals surface area (Å²) < 4.78 is 4.98. The van der Waals surface area contributed by atoms with E-state index in [4.69, 9.17) is 16.3 Å². The summed E-state index contributed by atoms with van der Waals surface area (Å²) in [4.78, 5) is 13.5. The van der Waals surface area contributed by atoms with Crippen LogP contribution in [-0.2, 0) is 24.1 Å². The zero-order valence-corrected chi connectivity index (χ0v) is 14.0. The summed E-state index contributed by atoms with van der Waals surface area (Å²) in [6.45, 7) is 0.667. The average molecular weight is 336 g/mol. The van der Waals surface area contributed by atoms with Gasteiger partial charge in [-0.25, -0.2) is 4.79 Å². The molecule has 116 valence electrons. The lowest BCUT2D eigenvalue weighted by molar-refractivity contribution is 0.0601. The molecule has 0 amide bonds. The van der Waals surface area contributed by atoms with Gasteiger partial charge in [-0.05, 0) is 48.9 Å². The number of rotatable bonds is 4. The van der Waals surface area contributed by atoms with E-state index >= 15 is 0 Å². The number of esters is 1. The molecule has 3 nitrogen and oxygen atoms in total. The minimum atomic E-state index is -0.238. The van der Waals surface area contributed by atoms with Crippen LogP contribution in [0.25, 0.3) is 0 Å². The lowest BCUT2D eigenvalue weighted by Gasteiger charge is -2.12. The van der Waals surface area contributed by atoms with Gasteiger partial charge in [-0.15, -0.1) is 11.3 Å². The molecular weight excluding hydrogens is 318 g/mol. The van der Waals surface area contributed by atoms with Crippen molar-refractivity contribution in [1.29, 1.82) is 0 Å². The molecule has 1 aromatic carbocycles. The van der Waals surface area contributed by atoms with Crippen molar-refractivity contribution < 1.29 is 9.53 Å². The SMILES string of the molecule is COC(=O)c1c(NCc2ccc(Cl)cc2)sc2c1CCCC2. The van der Waals surface area contributed by atoms with Gasteiger partial charge in [0.15, 0.2) is 0 Å². The number of carbonyl (C=O) groups is 1. The molecule has 22 heavy (non-hydrogen) atoms. The molecule has 0 bridgehead atoms. The zero-order chi connectivity index (χ0) is 15.5. The normalized spacial score (nSPS) is 13.5. The van der Waals surface area contributed by atoms with E-state index in [0.717, 1.165) is 40.4 Å². The van der Waals surface area contributed by atoms with Gasteiger partial charge in [0.2, 0.25) is 0 Å². The van der Waals surface area contributed by atoms with E-state index in [2.05, 4.69) is 5.32 Å². The largest absolute Gasteiger partial charge is 0.465 e. The molecule has 1 heterocycles. The highest BCUT2D eigenvalue weighted by Gasteiger charge is 2.25. The minimum absolute atomic E-state index is 0.238. The molecule has 0 saturated heterocycles. The lowest BCUT2D eigenvalue weighted by Crippen LogP contribution is -2.10. The number of anilines is 1. The molecular formula is C17H18ClNO2S. The Morgan fingerprint density at radius 3 is 2.73 bits per heavy atom. The molecule has 0 fully saturated rings. The number of hydrogen-bond acceptors (Lipinski definition) is 4. The van der Waals surface area contributed by atoms with Crippen LogP contribution in [0.1, 0.15) is 39.2 Å². The van der Waals surface area contributed by atoms with Crippen molar-refractivity contribution in [2.75, 3.05) is 12.4 Å². The summed E-state index contributed by atoms with van der Waals surface area (Å²) in [6, 6.07) is 7.72. The number of aryl methyl sites for hydroxylation is 1. The predicted molar refractivity (Wildman–Crippen MR) is 91.1 cm³/mol. The number of methoxy groups -OCH3 is 1. The second-order valence-corrected chi connectivity index (χ2v) is 6.93. The molecule has 1 aliphatic carbocycles. The molecule has 5 heteroatoms. The second kappa shape index (κ2) is 6.71.